The Morgan fingerprint density at radius 1 is 1.33 bits per heavy atom. The molecule has 130 valence electrons. The first kappa shape index (κ1) is 17.9. The number of hydrogen-bond donors (Lipinski definition) is 3. The normalized spacial score (nSPS) is 18.0. The topological polar surface area (TPSA) is 141 Å². The van der Waals surface area contributed by atoms with E-state index in [0.717, 1.165) is 13.0 Å². The van der Waals surface area contributed by atoms with Crippen molar-refractivity contribution in [3.05, 3.63) is 29.3 Å². The second-order valence-corrected chi connectivity index (χ2v) is 7.28. The lowest BCUT2D eigenvalue weighted by molar-refractivity contribution is -0.155. The van der Waals surface area contributed by atoms with E-state index in [1.165, 1.54) is 19.1 Å². The van der Waals surface area contributed by atoms with Gasteiger partial charge >= 0.3 is 5.97 Å². The molecule has 10 heteroatoms. The van der Waals surface area contributed by atoms with Gasteiger partial charge in [-0.2, -0.15) is 0 Å². The van der Waals surface area contributed by atoms with Crippen LogP contribution in [0.4, 0.5) is 0 Å². The van der Waals surface area contributed by atoms with Crippen molar-refractivity contribution in [2.45, 2.75) is 24.3 Å². The molecule has 1 aliphatic rings. The summed E-state index contributed by atoms with van der Waals surface area (Å²) >= 11 is 0. The van der Waals surface area contributed by atoms with Crippen molar-refractivity contribution in [2.24, 2.45) is 0 Å². The first-order valence-corrected chi connectivity index (χ1v) is 8.41. The predicted octanol–water partition coefficient (Wildman–Crippen LogP) is -0.584. The lowest BCUT2D eigenvalue weighted by Crippen LogP contribution is -2.46. The summed E-state index contributed by atoms with van der Waals surface area (Å²) in [6.45, 7) is 1.94. The van der Waals surface area contributed by atoms with Crippen LogP contribution in [0.3, 0.4) is 0 Å². The third kappa shape index (κ3) is 2.85. The molecule has 1 aromatic rings. The SMILES string of the molecule is CCN1C(=O)c2ccc(C(=O)NCC(C)(O)C(=O)O)cc2S1(=O)=O. The van der Waals surface area contributed by atoms with Crippen molar-refractivity contribution in [2.75, 3.05) is 13.1 Å². The van der Waals surface area contributed by atoms with Gasteiger partial charge in [0.1, 0.15) is 4.90 Å². The molecule has 1 unspecified atom stereocenters. The largest absolute Gasteiger partial charge is 0.479 e. The number of benzene rings is 1. The molecule has 3 N–H and O–H groups in total. The second kappa shape index (κ2) is 5.87. The number of carboxylic acids is 1. The minimum atomic E-state index is -4.00. The van der Waals surface area contributed by atoms with Crippen molar-refractivity contribution >= 4 is 27.8 Å². The zero-order valence-electron chi connectivity index (χ0n) is 12.9. The molecular formula is C14H16N2O7S. The third-order valence-electron chi connectivity index (χ3n) is 3.61. The Bertz CT molecular complexity index is 830. The van der Waals surface area contributed by atoms with Crippen molar-refractivity contribution in [1.29, 1.82) is 0 Å². The fourth-order valence-corrected chi connectivity index (χ4v) is 3.76. The minimum absolute atomic E-state index is 0.0223. The molecule has 0 bridgehead atoms. The van der Waals surface area contributed by atoms with E-state index in [-0.39, 0.29) is 22.6 Å². The Morgan fingerprint density at radius 2 is 1.96 bits per heavy atom. The van der Waals surface area contributed by atoms with Crippen LogP contribution in [0.25, 0.3) is 0 Å². The standard InChI is InChI=1S/C14H16N2O7S/c1-3-16-12(18)9-5-4-8(6-10(9)24(16,22)23)11(17)15-7-14(2,21)13(19)20/h4-6,21H,3,7H2,1-2H3,(H,15,17)(H,19,20). The lowest BCUT2D eigenvalue weighted by atomic mass is 10.1. The number of nitrogens with zero attached hydrogens (tertiary/aromatic N) is 1. The van der Waals surface area contributed by atoms with Crippen LogP contribution in [-0.4, -0.2) is 59.4 Å². The number of carbonyl (C=O) groups excluding carboxylic acids is 2. The Labute approximate surface area is 137 Å². The number of carbonyl (C=O) groups is 3. The molecule has 0 aliphatic carbocycles. The van der Waals surface area contributed by atoms with Crippen molar-refractivity contribution in [3.63, 3.8) is 0 Å². The van der Waals surface area contributed by atoms with Crippen molar-refractivity contribution < 1.29 is 33.0 Å². The van der Waals surface area contributed by atoms with Gasteiger partial charge in [0.05, 0.1) is 12.1 Å². The number of carboxylic acid groups (broad SMARTS) is 1. The number of fused-ring (bicyclic) bond motifs is 1. The molecule has 0 saturated heterocycles. The molecule has 2 amide bonds. The number of aliphatic carboxylic acids is 1. The molecule has 0 spiro atoms. The van der Waals surface area contributed by atoms with Gasteiger partial charge in [-0.1, -0.05) is 0 Å². The molecule has 2 rings (SSSR count). The maximum atomic E-state index is 12.3. The highest BCUT2D eigenvalue weighted by Crippen LogP contribution is 2.30. The van der Waals surface area contributed by atoms with Gasteiger partial charge in [-0.25, -0.2) is 17.5 Å². The maximum Gasteiger partial charge on any atom is 0.337 e. The maximum absolute atomic E-state index is 12.3. The number of rotatable bonds is 5. The van der Waals surface area contributed by atoms with Crippen LogP contribution in [0, 0.1) is 0 Å². The molecule has 0 fully saturated rings. The summed E-state index contributed by atoms with van der Waals surface area (Å²) in [4.78, 5) is 34.6. The highest BCUT2D eigenvalue weighted by atomic mass is 32.2. The van der Waals surface area contributed by atoms with E-state index in [0.29, 0.717) is 4.31 Å². The van der Waals surface area contributed by atoms with Gasteiger partial charge in [-0.05, 0) is 32.0 Å². The van der Waals surface area contributed by atoms with E-state index in [1.54, 1.807) is 0 Å². The quantitative estimate of drug-likeness (QED) is 0.640. The van der Waals surface area contributed by atoms with Gasteiger partial charge in [0.15, 0.2) is 5.60 Å². The van der Waals surface area contributed by atoms with Crippen LogP contribution in [0.1, 0.15) is 34.6 Å². The molecule has 1 aromatic carbocycles. The zero-order chi connectivity index (χ0) is 18.3. The molecule has 1 heterocycles. The monoisotopic (exact) mass is 356 g/mol. The van der Waals surface area contributed by atoms with Crippen LogP contribution in [-0.2, 0) is 14.8 Å². The van der Waals surface area contributed by atoms with Crippen LogP contribution in [0.2, 0.25) is 0 Å². The summed E-state index contributed by atoms with van der Waals surface area (Å²) in [6, 6.07) is 3.55. The fourth-order valence-electron chi connectivity index (χ4n) is 2.16. The molecular weight excluding hydrogens is 340 g/mol. The van der Waals surface area contributed by atoms with Crippen LogP contribution in [0.15, 0.2) is 23.1 Å². The van der Waals surface area contributed by atoms with E-state index in [4.69, 9.17) is 5.11 Å². The predicted molar refractivity (Wildman–Crippen MR) is 80.9 cm³/mol. The van der Waals surface area contributed by atoms with Crippen molar-refractivity contribution in [1.82, 2.24) is 9.62 Å². The van der Waals surface area contributed by atoms with E-state index in [9.17, 15) is 27.9 Å². The molecule has 0 radical (unpaired) electrons. The average molecular weight is 356 g/mol. The number of aliphatic hydroxyl groups is 1. The van der Waals surface area contributed by atoms with Gasteiger partial charge in [0.2, 0.25) is 0 Å². The molecule has 0 saturated carbocycles. The molecule has 9 nitrogen and oxygen atoms in total. The number of sulfonamides is 1. The number of nitrogens with one attached hydrogen (secondary N) is 1. The summed E-state index contributed by atoms with van der Waals surface area (Å²) in [5.74, 6) is -2.94. The smallest absolute Gasteiger partial charge is 0.337 e. The van der Waals surface area contributed by atoms with E-state index in [1.807, 2.05) is 0 Å². The van der Waals surface area contributed by atoms with Crippen LogP contribution in [0.5, 0.6) is 0 Å². The Balaban J connectivity index is 2.29. The first-order valence-electron chi connectivity index (χ1n) is 6.97. The summed E-state index contributed by atoms with van der Waals surface area (Å²) in [5, 5.41) is 20.6. The third-order valence-corrected chi connectivity index (χ3v) is 5.51. The zero-order valence-corrected chi connectivity index (χ0v) is 13.8. The minimum Gasteiger partial charge on any atom is -0.479 e. The van der Waals surface area contributed by atoms with Gasteiger partial charge < -0.3 is 15.5 Å². The molecule has 1 aliphatic heterocycles. The van der Waals surface area contributed by atoms with Crippen molar-refractivity contribution in [3.8, 4) is 0 Å². The Kier molecular flexibility index (Phi) is 4.38. The summed E-state index contributed by atoms with van der Waals surface area (Å²) < 4.78 is 25.2. The van der Waals surface area contributed by atoms with E-state index < -0.39 is 40.0 Å². The molecule has 0 aromatic heterocycles. The van der Waals surface area contributed by atoms with Crippen LogP contribution < -0.4 is 5.32 Å². The highest BCUT2D eigenvalue weighted by Gasteiger charge is 2.40. The summed E-state index contributed by atoms with van der Waals surface area (Å²) in [6.07, 6.45) is 0. The van der Waals surface area contributed by atoms with E-state index in [2.05, 4.69) is 5.32 Å². The highest BCUT2D eigenvalue weighted by molar-refractivity contribution is 7.90. The summed E-state index contributed by atoms with van der Waals surface area (Å²) in [5.41, 5.74) is -2.25. The Morgan fingerprint density at radius 3 is 2.50 bits per heavy atom. The van der Waals surface area contributed by atoms with Gasteiger partial charge in [0, 0.05) is 12.1 Å². The number of amides is 2. The van der Waals surface area contributed by atoms with Gasteiger partial charge in [-0.3, -0.25) is 9.59 Å². The summed E-state index contributed by atoms with van der Waals surface area (Å²) in [7, 11) is -4.00. The van der Waals surface area contributed by atoms with Gasteiger partial charge in [0.25, 0.3) is 21.8 Å². The lowest BCUT2D eigenvalue weighted by Gasteiger charge is -2.18. The van der Waals surface area contributed by atoms with Gasteiger partial charge in [-0.15, -0.1) is 0 Å². The van der Waals surface area contributed by atoms with Crippen LogP contribution >= 0.6 is 0 Å². The molecule has 1 atom stereocenters. The fraction of sp³-hybridized carbons (Fsp3) is 0.357. The first-order chi connectivity index (χ1) is 11.0. The number of hydrogen-bond acceptors (Lipinski definition) is 6. The molecule has 24 heavy (non-hydrogen) atoms. The Hall–Kier alpha value is -2.46. The average Bonchev–Trinajstić information content (AvgIpc) is 2.70. The second-order valence-electron chi connectivity index (χ2n) is 5.45. The van der Waals surface area contributed by atoms with E-state index >= 15 is 0 Å².